The Balaban J connectivity index is 2.26. The largest absolute Gasteiger partial charge is 0.327 e. The van der Waals surface area contributed by atoms with Gasteiger partial charge < -0.3 is 10.2 Å². The summed E-state index contributed by atoms with van der Waals surface area (Å²) in [5.41, 5.74) is 1.39. The van der Waals surface area contributed by atoms with Gasteiger partial charge >= 0.3 is 0 Å². The molecule has 5 heteroatoms. The average molecular weight is 342 g/mol. The van der Waals surface area contributed by atoms with Gasteiger partial charge in [-0.05, 0) is 51.0 Å². The number of carbonyl (C=O) groups excluding carboxylic acids is 2. The second-order valence-electron chi connectivity index (χ2n) is 6.62. The SMILES string of the molecule is Cc1cccc(C)c1NC(=O)C(C)(C)N(C)C(=O)c1ccccc1F. The van der Waals surface area contributed by atoms with Crippen LogP contribution in [-0.2, 0) is 4.79 Å². The predicted octanol–water partition coefficient (Wildman–Crippen LogP) is 3.93. The van der Waals surface area contributed by atoms with Crippen molar-refractivity contribution in [2.45, 2.75) is 33.2 Å². The molecule has 0 radical (unpaired) electrons. The zero-order valence-electron chi connectivity index (χ0n) is 15.2. The van der Waals surface area contributed by atoms with Crippen molar-refractivity contribution in [1.82, 2.24) is 4.90 Å². The van der Waals surface area contributed by atoms with E-state index in [2.05, 4.69) is 5.32 Å². The number of rotatable bonds is 4. The van der Waals surface area contributed by atoms with Crippen LogP contribution in [0.2, 0.25) is 0 Å². The summed E-state index contributed by atoms with van der Waals surface area (Å²) in [6.07, 6.45) is 0. The molecule has 0 atom stereocenters. The van der Waals surface area contributed by atoms with Crippen molar-refractivity contribution >= 4 is 17.5 Å². The molecule has 0 unspecified atom stereocenters. The minimum Gasteiger partial charge on any atom is -0.327 e. The van der Waals surface area contributed by atoms with E-state index in [-0.39, 0.29) is 11.5 Å². The number of halogens is 1. The zero-order chi connectivity index (χ0) is 18.8. The lowest BCUT2D eigenvalue weighted by Crippen LogP contribution is -2.53. The zero-order valence-corrected chi connectivity index (χ0v) is 15.2. The quantitative estimate of drug-likeness (QED) is 0.915. The molecule has 0 aromatic heterocycles. The lowest BCUT2D eigenvalue weighted by atomic mass is 9.99. The first-order valence-corrected chi connectivity index (χ1v) is 8.06. The van der Waals surface area contributed by atoms with Crippen molar-refractivity contribution in [2.75, 3.05) is 12.4 Å². The molecule has 1 N–H and O–H groups in total. The number of hydrogen-bond donors (Lipinski definition) is 1. The molecule has 0 aliphatic rings. The van der Waals surface area contributed by atoms with Gasteiger partial charge in [-0.3, -0.25) is 9.59 Å². The molecule has 0 aliphatic carbocycles. The van der Waals surface area contributed by atoms with Crippen LogP contribution in [0.4, 0.5) is 10.1 Å². The van der Waals surface area contributed by atoms with Crippen LogP contribution in [0.1, 0.15) is 35.3 Å². The molecule has 25 heavy (non-hydrogen) atoms. The minimum absolute atomic E-state index is 0.0575. The number of nitrogens with zero attached hydrogens (tertiary/aromatic N) is 1. The van der Waals surface area contributed by atoms with E-state index in [0.717, 1.165) is 16.8 Å². The molecule has 0 spiro atoms. The summed E-state index contributed by atoms with van der Waals surface area (Å²) in [6, 6.07) is 11.5. The van der Waals surface area contributed by atoms with E-state index in [0.29, 0.717) is 0 Å². The summed E-state index contributed by atoms with van der Waals surface area (Å²) >= 11 is 0. The van der Waals surface area contributed by atoms with Gasteiger partial charge in [-0.2, -0.15) is 0 Å². The fourth-order valence-corrected chi connectivity index (χ4v) is 2.50. The molecule has 0 saturated carbocycles. The number of carbonyl (C=O) groups is 2. The van der Waals surface area contributed by atoms with E-state index in [1.807, 2.05) is 32.0 Å². The summed E-state index contributed by atoms with van der Waals surface area (Å²) in [5.74, 6) is -1.48. The van der Waals surface area contributed by atoms with E-state index >= 15 is 0 Å². The number of para-hydroxylation sites is 1. The number of benzene rings is 2. The number of amides is 2. The van der Waals surface area contributed by atoms with Gasteiger partial charge in [0.2, 0.25) is 5.91 Å². The first-order chi connectivity index (χ1) is 11.7. The molecule has 0 saturated heterocycles. The molecular formula is C20H23FN2O2. The number of hydrogen-bond acceptors (Lipinski definition) is 2. The molecule has 0 bridgehead atoms. The van der Waals surface area contributed by atoms with Crippen LogP contribution in [0.3, 0.4) is 0 Å². The maximum absolute atomic E-state index is 13.9. The highest BCUT2D eigenvalue weighted by molar-refractivity contribution is 6.03. The monoisotopic (exact) mass is 342 g/mol. The van der Waals surface area contributed by atoms with Crippen molar-refractivity contribution in [3.8, 4) is 0 Å². The number of nitrogens with one attached hydrogen (secondary N) is 1. The second-order valence-corrected chi connectivity index (χ2v) is 6.62. The van der Waals surface area contributed by atoms with Crippen LogP contribution in [0.15, 0.2) is 42.5 Å². The van der Waals surface area contributed by atoms with E-state index in [1.54, 1.807) is 19.9 Å². The van der Waals surface area contributed by atoms with E-state index < -0.39 is 17.3 Å². The van der Waals surface area contributed by atoms with Gasteiger partial charge in [-0.25, -0.2) is 4.39 Å². The van der Waals surface area contributed by atoms with Crippen LogP contribution in [0.5, 0.6) is 0 Å². The minimum atomic E-state index is -1.16. The maximum Gasteiger partial charge on any atom is 0.257 e. The van der Waals surface area contributed by atoms with Crippen LogP contribution in [0.25, 0.3) is 0 Å². The standard InChI is InChI=1S/C20H23FN2O2/c1-13-9-8-10-14(2)17(13)22-19(25)20(3,4)23(5)18(24)15-11-6-7-12-16(15)21/h6-12H,1-5H3,(H,22,25). The Morgan fingerprint density at radius 2 is 1.56 bits per heavy atom. The molecule has 0 fully saturated rings. The summed E-state index contributed by atoms with van der Waals surface area (Å²) in [6.45, 7) is 7.08. The van der Waals surface area contributed by atoms with Crippen LogP contribution < -0.4 is 5.32 Å². The molecule has 2 aromatic carbocycles. The van der Waals surface area contributed by atoms with E-state index in [1.165, 1.54) is 30.1 Å². The lowest BCUT2D eigenvalue weighted by molar-refractivity contribution is -0.124. The third-order valence-corrected chi connectivity index (χ3v) is 4.52. The highest BCUT2D eigenvalue weighted by Gasteiger charge is 2.36. The molecule has 4 nitrogen and oxygen atoms in total. The van der Waals surface area contributed by atoms with Crippen molar-refractivity contribution in [3.05, 3.63) is 65.0 Å². The van der Waals surface area contributed by atoms with Crippen LogP contribution in [-0.4, -0.2) is 29.3 Å². The Morgan fingerprint density at radius 3 is 2.12 bits per heavy atom. The summed E-state index contributed by atoms with van der Waals surface area (Å²) in [7, 11) is 1.50. The first-order valence-electron chi connectivity index (χ1n) is 8.06. The normalized spacial score (nSPS) is 11.1. The Kier molecular flexibility index (Phi) is 5.26. The fourth-order valence-electron chi connectivity index (χ4n) is 2.50. The predicted molar refractivity (Wildman–Crippen MR) is 97.1 cm³/mol. The molecule has 2 amide bonds. The van der Waals surface area contributed by atoms with Gasteiger partial charge in [0.1, 0.15) is 11.4 Å². The third kappa shape index (κ3) is 3.71. The summed E-state index contributed by atoms with van der Waals surface area (Å²) in [5, 5.41) is 2.89. The molecule has 2 rings (SSSR count). The Hall–Kier alpha value is -2.69. The number of aryl methyl sites for hydroxylation is 2. The number of likely N-dealkylation sites (N-methyl/N-ethyl adjacent to an activating group) is 1. The summed E-state index contributed by atoms with van der Waals surface area (Å²) < 4.78 is 13.9. The van der Waals surface area contributed by atoms with E-state index in [4.69, 9.17) is 0 Å². The molecular weight excluding hydrogens is 319 g/mol. The molecule has 0 aliphatic heterocycles. The van der Waals surface area contributed by atoms with Gasteiger partial charge in [0.15, 0.2) is 0 Å². The van der Waals surface area contributed by atoms with Crippen molar-refractivity contribution in [1.29, 1.82) is 0 Å². The second kappa shape index (κ2) is 7.05. The molecule has 0 heterocycles. The smallest absolute Gasteiger partial charge is 0.257 e. The Morgan fingerprint density at radius 1 is 1.00 bits per heavy atom. The summed E-state index contributed by atoms with van der Waals surface area (Å²) in [4.78, 5) is 26.7. The van der Waals surface area contributed by atoms with Crippen LogP contribution in [0, 0.1) is 19.7 Å². The number of anilines is 1. The fraction of sp³-hybridized carbons (Fsp3) is 0.300. The third-order valence-electron chi connectivity index (χ3n) is 4.52. The molecule has 132 valence electrons. The van der Waals surface area contributed by atoms with Crippen molar-refractivity contribution < 1.29 is 14.0 Å². The van der Waals surface area contributed by atoms with Gasteiger partial charge in [-0.1, -0.05) is 30.3 Å². The van der Waals surface area contributed by atoms with Gasteiger partial charge in [-0.15, -0.1) is 0 Å². The maximum atomic E-state index is 13.9. The average Bonchev–Trinajstić information content (AvgIpc) is 2.57. The Bertz CT molecular complexity index is 795. The highest BCUT2D eigenvalue weighted by atomic mass is 19.1. The van der Waals surface area contributed by atoms with Gasteiger partial charge in [0.05, 0.1) is 5.56 Å². The molecule has 2 aromatic rings. The van der Waals surface area contributed by atoms with E-state index in [9.17, 15) is 14.0 Å². The van der Waals surface area contributed by atoms with Gasteiger partial charge in [0.25, 0.3) is 5.91 Å². The lowest BCUT2D eigenvalue weighted by Gasteiger charge is -2.34. The van der Waals surface area contributed by atoms with Crippen molar-refractivity contribution in [2.24, 2.45) is 0 Å². The first kappa shape index (κ1) is 18.6. The topological polar surface area (TPSA) is 49.4 Å². The van der Waals surface area contributed by atoms with Crippen LogP contribution >= 0.6 is 0 Å². The van der Waals surface area contributed by atoms with Gasteiger partial charge in [0, 0.05) is 12.7 Å². The highest BCUT2D eigenvalue weighted by Crippen LogP contribution is 2.24. The van der Waals surface area contributed by atoms with Crippen molar-refractivity contribution in [3.63, 3.8) is 0 Å². The Labute approximate surface area is 147 Å².